The van der Waals surface area contributed by atoms with E-state index in [0.717, 1.165) is 39.5 Å². The largest absolute Gasteiger partial charge is 0.495 e. The van der Waals surface area contributed by atoms with Crippen molar-refractivity contribution in [1.82, 2.24) is 24.7 Å². The molecule has 5 rings (SSSR count). The van der Waals surface area contributed by atoms with Gasteiger partial charge in [0.25, 0.3) is 0 Å². The molecule has 1 aromatic carbocycles. The Bertz CT molecular complexity index is 1230. The van der Waals surface area contributed by atoms with Crippen LogP contribution in [-0.2, 0) is 7.05 Å². The molecule has 1 atom stereocenters. The lowest BCUT2D eigenvalue weighted by Gasteiger charge is -2.15. The van der Waals surface area contributed by atoms with Crippen molar-refractivity contribution in [2.24, 2.45) is 13.0 Å². The number of benzene rings is 1. The van der Waals surface area contributed by atoms with Gasteiger partial charge in [-0.25, -0.2) is 15.0 Å². The number of nitrogens with zero attached hydrogens (tertiary/aromatic N) is 5. The fourth-order valence-corrected chi connectivity index (χ4v) is 3.72. The van der Waals surface area contributed by atoms with Crippen molar-refractivity contribution in [3.8, 4) is 16.9 Å². The molecule has 0 amide bonds. The smallest absolute Gasteiger partial charge is 0.227 e. The first-order valence-electron chi connectivity index (χ1n) is 10.4. The summed E-state index contributed by atoms with van der Waals surface area (Å²) in [5, 5.41) is 12.0. The number of ether oxygens (including phenoxy) is 1. The molecule has 2 N–H and O–H groups in total. The second-order valence-corrected chi connectivity index (χ2v) is 8.00. The van der Waals surface area contributed by atoms with Gasteiger partial charge in [0.1, 0.15) is 11.3 Å². The van der Waals surface area contributed by atoms with Crippen molar-refractivity contribution >= 4 is 28.4 Å². The summed E-state index contributed by atoms with van der Waals surface area (Å²) in [6.45, 7) is 2.20. The summed E-state index contributed by atoms with van der Waals surface area (Å²) in [5.74, 6) is 2.72. The third kappa shape index (κ3) is 4.01. The molecule has 158 valence electrons. The first kappa shape index (κ1) is 19.3. The SMILES string of the molecule is COc1cc(-c2cnn(C)c2)ccc1Nc1ncc2ccnc(NC(C)C3CC3)c2n1. The molecule has 3 aromatic heterocycles. The van der Waals surface area contributed by atoms with Crippen LogP contribution >= 0.6 is 0 Å². The highest BCUT2D eigenvalue weighted by Gasteiger charge is 2.28. The third-order valence-electron chi connectivity index (χ3n) is 5.68. The summed E-state index contributed by atoms with van der Waals surface area (Å²) < 4.78 is 7.39. The van der Waals surface area contributed by atoms with Crippen LogP contribution in [0.25, 0.3) is 22.0 Å². The molecule has 3 heterocycles. The molecule has 8 nitrogen and oxygen atoms in total. The number of hydrogen-bond donors (Lipinski definition) is 2. The number of anilines is 3. The van der Waals surface area contributed by atoms with Crippen molar-refractivity contribution in [3.63, 3.8) is 0 Å². The summed E-state index contributed by atoms with van der Waals surface area (Å²) in [6.07, 6.45) is 9.96. The van der Waals surface area contributed by atoms with E-state index in [-0.39, 0.29) is 0 Å². The second-order valence-electron chi connectivity index (χ2n) is 8.00. The number of fused-ring (bicyclic) bond motifs is 1. The van der Waals surface area contributed by atoms with E-state index in [1.165, 1.54) is 12.8 Å². The van der Waals surface area contributed by atoms with E-state index in [2.05, 4.69) is 32.6 Å². The molecule has 1 unspecified atom stereocenters. The fraction of sp³-hybridized carbons (Fsp3) is 0.304. The maximum Gasteiger partial charge on any atom is 0.227 e. The molecular formula is C23H25N7O. The first-order chi connectivity index (χ1) is 15.1. The van der Waals surface area contributed by atoms with Gasteiger partial charge in [-0.3, -0.25) is 4.68 Å². The Hall–Kier alpha value is -3.68. The standard InChI is InChI=1S/C23H25N7O/c1-14(15-4-5-15)27-22-21-17(8-9-24-22)11-25-23(29-21)28-19-7-6-16(10-20(19)31-3)18-12-26-30(2)13-18/h6-15H,4-5H2,1-3H3,(H,24,27)(H,25,28,29). The van der Waals surface area contributed by atoms with Gasteiger partial charge in [0.2, 0.25) is 5.95 Å². The van der Waals surface area contributed by atoms with E-state index >= 15 is 0 Å². The van der Waals surface area contributed by atoms with Crippen LogP contribution in [0.2, 0.25) is 0 Å². The van der Waals surface area contributed by atoms with E-state index in [9.17, 15) is 0 Å². The first-order valence-corrected chi connectivity index (χ1v) is 10.4. The zero-order valence-electron chi connectivity index (χ0n) is 17.8. The van der Waals surface area contributed by atoms with Crippen LogP contribution in [0, 0.1) is 5.92 Å². The van der Waals surface area contributed by atoms with Crippen LogP contribution in [0.15, 0.2) is 49.1 Å². The molecule has 8 heteroatoms. The number of rotatable bonds is 7. The topological polar surface area (TPSA) is 89.8 Å². The summed E-state index contributed by atoms with van der Waals surface area (Å²) in [6, 6.07) is 8.27. The monoisotopic (exact) mass is 415 g/mol. The Morgan fingerprint density at radius 3 is 2.74 bits per heavy atom. The lowest BCUT2D eigenvalue weighted by atomic mass is 10.1. The zero-order valence-corrected chi connectivity index (χ0v) is 17.8. The maximum atomic E-state index is 5.61. The number of nitrogens with one attached hydrogen (secondary N) is 2. The highest BCUT2D eigenvalue weighted by atomic mass is 16.5. The summed E-state index contributed by atoms with van der Waals surface area (Å²) in [5.41, 5.74) is 3.65. The van der Waals surface area contributed by atoms with Crippen LogP contribution in [0.5, 0.6) is 5.75 Å². The van der Waals surface area contributed by atoms with Gasteiger partial charge < -0.3 is 15.4 Å². The molecule has 1 fully saturated rings. The van der Waals surface area contributed by atoms with Crippen LogP contribution < -0.4 is 15.4 Å². The van der Waals surface area contributed by atoms with E-state index in [1.54, 1.807) is 18.0 Å². The van der Waals surface area contributed by atoms with Crippen LogP contribution in [-0.4, -0.2) is 37.9 Å². The fourth-order valence-electron chi connectivity index (χ4n) is 3.72. The van der Waals surface area contributed by atoms with Gasteiger partial charge in [-0.1, -0.05) is 6.07 Å². The third-order valence-corrected chi connectivity index (χ3v) is 5.68. The predicted molar refractivity (Wildman–Crippen MR) is 122 cm³/mol. The molecule has 1 aliphatic carbocycles. The Kier molecular flexibility index (Phi) is 4.89. The van der Waals surface area contributed by atoms with Gasteiger partial charge in [0.15, 0.2) is 5.82 Å². The number of hydrogen-bond acceptors (Lipinski definition) is 7. The number of pyridine rings is 1. The summed E-state index contributed by atoms with van der Waals surface area (Å²) in [4.78, 5) is 13.8. The highest BCUT2D eigenvalue weighted by molar-refractivity contribution is 5.88. The van der Waals surface area contributed by atoms with Crippen LogP contribution in [0.4, 0.5) is 17.5 Å². The molecular weight excluding hydrogens is 390 g/mol. The minimum Gasteiger partial charge on any atom is -0.495 e. The van der Waals surface area contributed by atoms with Gasteiger partial charge in [0.05, 0.1) is 19.0 Å². The Morgan fingerprint density at radius 1 is 1.13 bits per heavy atom. The molecule has 1 saturated carbocycles. The van der Waals surface area contributed by atoms with Crippen molar-refractivity contribution in [2.45, 2.75) is 25.8 Å². The minimum absolute atomic E-state index is 0.379. The quantitative estimate of drug-likeness (QED) is 0.463. The predicted octanol–water partition coefficient (Wildman–Crippen LogP) is 4.39. The summed E-state index contributed by atoms with van der Waals surface area (Å²) >= 11 is 0. The van der Waals surface area contributed by atoms with E-state index in [1.807, 2.05) is 49.9 Å². The number of aryl methyl sites for hydroxylation is 1. The Labute approximate surface area is 180 Å². The molecule has 31 heavy (non-hydrogen) atoms. The number of methoxy groups -OCH3 is 1. The molecule has 4 aromatic rings. The maximum absolute atomic E-state index is 5.61. The lowest BCUT2D eigenvalue weighted by Crippen LogP contribution is -2.18. The summed E-state index contributed by atoms with van der Waals surface area (Å²) in [7, 11) is 3.55. The van der Waals surface area contributed by atoms with Gasteiger partial charge >= 0.3 is 0 Å². The van der Waals surface area contributed by atoms with Crippen molar-refractivity contribution in [2.75, 3.05) is 17.7 Å². The van der Waals surface area contributed by atoms with E-state index < -0.39 is 0 Å². The molecule has 0 aliphatic heterocycles. The van der Waals surface area contributed by atoms with E-state index in [4.69, 9.17) is 9.72 Å². The Morgan fingerprint density at radius 2 is 2.00 bits per heavy atom. The van der Waals surface area contributed by atoms with Gasteiger partial charge in [-0.15, -0.1) is 0 Å². The Balaban J connectivity index is 1.44. The van der Waals surface area contributed by atoms with Crippen molar-refractivity contribution in [3.05, 3.63) is 49.1 Å². The van der Waals surface area contributed by atoms with Crippen molar-refractivity contribution < 1.29 is 4.74 Å². The molecule has 0 radical (unpaired) electrons. The van der Waals surface area contributed by atoms with Crippen LogP contribution in [0.1, 0.15) is 19.8 Å². The molecule has 0 spiro atoms. The lowest BCUT2D eigenvalue weighted by molar-refractivity contribution is 0.417. The zero-order chi connectivity index (χ0) is 21.4. The van der Waals surface area contributed by atoms with Crippen molar-refractivity contribution in [1.29, 1.82) is 0 Å². The minimum atomic E-state index is 0.379. The van der Waals surface area contributed by atoms with Crippen LogP contribution in [0.3, 0.4) is 0 Å². The molecule has 1 aliphatic rings. The number of aromatic nitrogens is 5. The van der Waals surface area contributed by atoms with Gasteiger partial charge in [0, 0.05) is 42.6 Å². The average molecular weight is 416 g/mol. The van der Waals surface area contributed by atoms with Gasteiger partial charge in [-0.2, -0.15) is 5.10 Å². The molecule has 0 bridgehead atoms. The average Bonchev–Trinajstić information content (AvgIpc) is 3.55. The highest BCUT2D eigenvalue weighted by Crippen LogP contribution is 2.35. The van der Waals surface area contributed by atoms with Gasteiger partial charge in [-0.05, 0) is 49.4 Å². The second kappa shape index (κ2) is 7.86. The normalized spacial score (nSPS) is 14.4. The molecule has 0 saturated heterocycles. The van der Waals surface area contributed by atoms with E-state index in [0.29, 0.717) is 17.7 Å².